The number of anilines is 2. The number of imidazole rings is 1. The number of aliphatic hydroxyl groups is 1. The van der Waals surface area contributed by atoms with E-state index in [4.69, 9.17) is 0 Å². The van der Waals surface area contributed by atoms with Crippen molar-refractivity contribution < 1.29 is 5.11 Å². The molecule has 1 unspecified atom stereocenters. The molecule has 2 fully saturated rings. The predicted octanol–water partition coefficient (Wildman–Crippen LogP) is 4.53. The van der Waals surface area contributed by atoms with Crippen molar-refractivity contribution >= 4 is 33.4 Å². The van der Waals surface area contributed by atoms with Gasteiger partial charge in [0, 0.05) is 45.0 Å². The maximum absolute atomic E-state index is 11.8. The number of hydrogen-bond donors (Lipinski definition) is 2. The molecule has 7 rings (SSSR count). The summed E-state index contributed by atoms with van der Waals surface area (Å²) in [6.07, 6.45) is 4.48. The van der Waals surface area contributed by atoms with Crippen LogP contribution >= 0.6 is 0 Å². The quantitative estimate of drug-likeness (QED) is 0.341. The van der Waals surface area contributed by atoms with Crippen LogP contribution in [0.25, 0.3) is 21.9 Å². The van der Waals surface area contributed by atoms with Crippen LogP contribution in [0.4, 0.5) is 11.5 Å². The number of nitrogens with zero attached hydrogens (tertiary/aromatic N) is 6. The van der Waals surface area contributed by atoms with Crippen LogP contribution in [-0.2, 0) is 6.54 Å². The molecule has 2 saturated heterocycles. The third kappa shape index (κ3) is 4.60. The highest BCUT2D eigenvalue weighted by atomic mass is 16.3. The second kappa shape index (κ2) is 10.3. The van der Waals surface area contributed by atoms with E-state index >= 15 is 0 Å². The van der Waals surface area contributed by atoms with Gasteiger partial charge in [-0.05, 0) is 46.9 Å². The molecule has 8 heteroatoms. The molecule has 5 aromatic rings. The zero-order chi connectivity index (χ0) is 26.2. The van der Waals surface area contributed by atoms with Gasteiger partial charge in [0.2, 0.25) is 0 Å². The first kappa shape index (κ1) is 24.1. The van der Waals surface area contributed by atoms with Crippen LogP contribution in [0, 0.1) is 0 Å². The molecule has 0 bridgehead atoms. The minimum absolute atomic E-state index is 0.0735. The number of rotatable bonds is 6. The number of fused-ring (bicyclic) bond motifs is 2. The highest BCUT2D eigenvalue weighted by Gasteiger charge is 2.34. The fourth-order valence-electron chi connectivity index (χ4n) is 6.30. The van der Waals surface area contributed by atoms with Gasteiger partial charge in [0.15, 0.2) is 11.5 Å². The smallest absolute Gasteiger partial charge is 0.162 e. The Morgan fingerprint density at radius 2 is 1.77 bits per heavy atom. The van der Waals surface area contributed by atoms with E-state index in [0.29, 0.717) is 0 Å². The van der Waals surface area contributed by atoms with Gasteiger partial charge in [-0.25, -0.2) is 15.0 Å². The van der Waals surface area contributed by atoms with Gasteiger partial charge in [0.1, 0.15) is 11.8 Å². The predicted molar refractivity (Wildman–Crippen MR) is 155 cm³/mol. The molecule has 0 amide bonds. The second-order valence-corrected chi connectivity index (χ2v) is 10.6. The number of aliphatic hydroxyl groups excluding tert-OH is 1. The van der Waals surface area contributed by atoms with Crippen molar-refractivity contribution in [2.45, 2.75) is 31.5 Å². The standard InChI is InChI=1S/C31H33N7O/c39-29(27-10-5-13-38(27)31-28-30(33-20-32-28)34-21-35-31)25-9-4-8-23-11-12-24(18-26(23)25)37-16-14-36(15-17-37)19-22-6-2-1-3-7-22/h1-4,6-9,11-12,18,20-21,27,29,39H,5,10,13-17,19H2,(H,32,33,34,35)/t27-,29?/m1/s1. The van der Waals surface area contributed by atoms with Gasteiger partial charge in [-0.3, -0.25) is 4.90 Å². The molecular formula is C31H33N7O. The van der Waals surface area contributed by atoms with Crippen molar-refractivity contribution in [2.75, 3.05) is 42.5 Å². The van der Waals surface area contributed by atoms with E-state index in [1.54, 1.807) is 12.7 Å². The van der Waals surface area contributed by atoms with Crippen LogP contribution in [0.15, 0.2) is 79.4 Å². The summed E-state index contributed by atoms with van der Waals surface area (Å²) in [5.74, 6) is 0.789. The number of aromatic amines is 1. The Morgan fingerprint density at radius 1 is 0.897 bits per heavy atom. The van der Waals surface area contributed by atoms with Crippen LogP contribution in [0.1, 0.15) is 30.1 Å². The maximum atomic E-state index is 11.8. The molecule has 0 radical (unpaired) electrons. The third-order valence-corrected chi connectivity index (χ3v) is 8.34. The molecule has 2 atom stereocenters. The highest BCUT2D eigenvalue weighted by molar-refractivity contribution is 5.89. The van der Waals surface area contributed by atoms with E-state index in [1.165, 1.54) is 11.3 Å². The van der Waals surface area contributed by atoms with Gasteiger partial charge < -0.3 is 19.9 Å². The minimum atomic E-state index is -0.641. The lowest BCUT2D eigenvalue weighted by Gasteiger charge is -2.36. The fraction of sp³-hybridized carbons (Fsp3) is 0.323. The molecule has 2 aliphatic rings. The van der Waals surface area contributed by atoms with Gasteiger partial charge in [0.25, 0.3) is 0 Å². The molecule has 0 saturated carbocycles. The van der Waals surface area contributed by atoms with Crippen molar-refractivity contribution in [1.29, 1.82) is 0 Å². The monoisotopic (exact) mass is 519 g/mol. The maximum Gasteiger partial charge on any atom is 0.162 e. The minimum Gasteiger partial charge on any atom is -0.386 e. The number of nitrogens with one attached hydrogen (secondary N) is 1. The lowest BCUT2D eigenvalue weighted by molar-refractivity contribution is 0.148. The van der Waals surface area contributed by atoms with E-state index in [1.807, 2.05) is 0 Å². The number of hydrogen-bond acceptors (Lipinski definition) is 7. The lowest BCUT2D eigenvalue weighted by atomic mass is 9.94. The SMILES string of the molecule is OC(c1cccc2ccc(N3CCN(Cc4ccccc4)CC3)cc12)[C@H]1CCCN1c1ncnc2[nH]cnc12. The van der Waals surface area contributed by atoms with Crippen LogP contribution in [-0.4, -0.2) is 68.7 Å². The van der Waals surface area contributed by atoms with Gasteiger partial charge >= 0.3 is 0 Å². The zero-order valence-corrected chi connectivity index (χ0v) is 21.9. The van der Waals surface area contributed by atoms with Gasteiger partial charge in [0.05, 0.1) is 18.5 Å². The molecule has 198 valence electrons. The van der Waals surface area contributed by atoms with Crippen molar-refractivity contribution in [3.05, 3.63) is 90.5 Å². The van der Waals surface area contributed by atoms with E-state index in [9.17, 15) is 5.11 Å². The van der Waals surface area contributed by atoms with Crippen molar-refractivity contribution in [3.8, 4) is 0 Å². The Morgan fingerprint density at radius 3 is 2.64 bits per heavy atom. The highest BCUT2D eigenvalue weighted by Crippen LogP contribution is 2.37. The average Bonchev–Trinajstić information content (AvgIpc) is 3.67. The molecular weight excluding hydrogens is 486 g/mol. The lowest BCUT2D eigenvalue weighted by Crippen LogP contribution is -2.45. The number of H-pyrrole nitrogens is 1. The molecule has 3 aromatic carbocycles. The summed E-state index contributed by atoms with van der Waals surface area (Å²) in [6.45, 7) is 5.89. The van der Waals surface area contributed by atoms with Crippen LogP contribution in [0.5, 0.6) is 0 Å². The Bertz CT molecular complexity index is 1580. The molecule has 8 nitrogen and oxygen atoms in total. The summed E-state index contributed by atoms with van der Waals surface area (Å²) in [5, 5.41) is 14.1. The van der Waals surface area contributed by atoms with Crippen LogP contribution in [0.2, 0.25) is 0 Å². The number of aromatic nitrogens is 4. The summed E-state index contributed by atoms with van der Waals surface area (Å²) >= 11 is 0. The molecule has 39 heavy (non-hydrogen) atoms. The van der Waals surface area contributed by atoms with Crippen molar-refractivity contribution in [2.24, 2.45) is 0 Å². The summed E-state index contributed by atoms with van der Waals surface area (Å²) < 4.78 is 0. The van der Waals surface area contributed by atoms with Crippen LogP contribution < -0.4 is 9.80 Å². The van der Waals surface area contributed by atoms with Crippen molar-refractivity contribution in [1.82, 2.24) is 24.8 Å². The summed E-state index contributed by atoms with van der Waals surface area (Å²) in [7, 11) is 0. The van der Waals surface area contributed by atoms with Crippen LogP contribution in [0.3, 0.4) is 0 Å². The molecule has 2 aromatic heterocycles. The third-order valence-electron chi connectivity index (χ3n) is 8.34. The Kier molecular flexibility index (Phi) is 6.34. The van der Waals surface area contributed by atoms with Gasteiger partial charge in [-0.15, -0.1) is 0 Å². The Labute approximate surface area is 227 Å². The van der Waals surface area contributed by atoms with Crippen molar-refractivity contribution in [3.63, 3.8) is 0 Å². The number of benzene rings is 3. The first-order valence-corrected chi connectivity index (χ1v) is 13.9. The van der Waals surface area contributed by atoms with E-state index in [0.717, 1.165) is 85.4 Å². The van der Waals surface area contributed by atoms with Gasteiger partial charge in [-0.1, -0.05) is 54.6 Å². The number of piperazine rings is 1. The second-order valence-electron chi connectivity index (χ2n) is 10.6. The van der Waals surface area contributed by atoms with E-state index in [2.05, 4.69) is 101 Å². The summed E-state index contributed by atoms with van der Waals surface area (Å²) in [6, 6.07) is 23.6. The zero-order valence-electron chi connectivity index (χ0n) is 21.9. The average molecular weight is 520 g/mol. The van der Waals surface area contributed by atoms with E-state index in [-0.39, 0.29) is 6.04 Å². The fourth-order valence-corrected chi connectivity index (χ4v) is 6.30. The topological polar surface area (TPSA) is 84.4 Å². The molecule has 2 N–H and O–H groups in total. The molecule has 4 heterocycles. The summed E-state index contributed by atoms with van der Waals surface area (Å²) in [5.41, 5.74) is 5.04. The Hall–Kier alpha value is -4.01. The first-order valence-electron chi connectivity index (χ1n) is 13.9. The normalized spacial score (nSPS) is 19.3. The molecule has 0 aliphatic carbocycles. The molecule has 2 aliphatic heterocycles. The molecule has 0 spiro atoms. The van der Waals surface area contributed by atoms with Gasteiger partial charge in [-0.2, -0.15) is 0 Å². The first-order chi connectivity index (χ1) is 19.2. The largest absolute Gasteiger partial charge is 0.386 e. The van der Waals surface area contributed by atoms with E-state index < -0.39 is 6.10 Å². The summed E-state index contributed by atoms with van der Waals surface area (Å²) in [4.78, 5) is 23.6. The Balaban J connectivity index is 1.13.